The predicted octanol–water partition coefficient (Wildman–Crippen LogP) is 2.74. The molecule has 0 aliphatic heterocycles. The van der Waals surface area contributed by atoms with Gasteiger partial charge in [-0.2, -0.15) is 0 Å². The van der Waals surface area contributed by atoms with Gasteiger partial charge in [0, 0.05) is 0 Å². The van der Waals surface area contributed by atoms with Crippen molar-refractivity contribution in [2.75, 3.05) is 0 Å². The van der Waals surface area contributed by atoms with Gasteiger partial charge in [0.25, 0.3) is 0 Å². The van der Waals surface area contributed by atoms with Crippen molar-refractivity contribution < 1.29 is 0 Å². The molecular formula is C7H16Al+. The monoisotopic (exact) mass is 127 g/mol. The van der Waals surface area contributed by atoms with Crippen LogP contribution in [-0.2, 0) is 0 Å². The van der Waals surface area contributed by atoms with Crippen molar-refractivity contribution in [1.82, 2.24) is 0 Å². The summed E-state index contributed by atoms with van der Waals surface area (Å²) in [5.41, 5.74) is 0. The Hall–Kier alpha value is 0.532. The van der Waals surface area contributed by atoms with Crippen molar-refractivity contribution in [2.24, 2.45) is 0 Å². The topological polar surface area (TPSA) is 0 Å². The van der Waals surface area contributed by atoms with Crippen LogP contribution in [0, 0.1) is 0 Å². The first kappa shape index (κ1) is 8.53. The van der Waals surface area contributed by atoms with Gasteiger partial charge in [-0.3, -0.25) is 0 Å². The predicted molar refractivity (Wildman–Crippen MR) is 40.6 cm³/mol. The van der Waals surface area contributed by atoms with Gasteiger partial charge in [-0.15, -0.1) is 0 Å². The Kier molecular flexibility index (Phi) is 8.03. The van der Waals surface area contributed by atoms with Crippen LogP contribution in [0.3, 0.4) is 0 Å². The van der Waals surface area contributed by atoms with Crippen molar-refractivity contribution in [3.63, 3.8) is 0 Å². The molecule has 0 heterocycles. The van der Waals surface area contributed by atoms with E-state index in [0.717, 1.165) is 15.2 Å². The third-order valence-corrected chi connectivity index (χ3v) is 3.06. The third kappa shape index (κ3) is 6.53. The number of rotatable bonds is 5. The van der Waals surface area contributed by atoms with Crippen LogP contribution in [0.4, 0.5) is 0 Å². The summed E-state index contributed by atoms with van der Waals surface area (Å²) < 4.78 is 0. The maximum absolute atomic E-state index is 2.28. The van der Waals surface area contributed by atoms with Gasteiger partial charge in [0.1, 0.15) is 0 Å². The summed E-state index contributed by atoms with van der Waals surface area (Å²) in [6.45, 7) is 4.55. The van der Waals surface area contributed by atoms with Crippen LogP contribution < -0.4 is 0 Å². The average Bonchev–Trinajstić information content (AvgIpc) is 1.81. The Morgan fingerprint density at radius 3 is 2.25 bits per heavy atom. The summed E-state index contributed by atoms with van der Waals surface area (Å²) in [6, 6.07) is 0. The first-order valence-electron chi connectivity index (χ1n) is 3.73. The van der Waals surface area contributed by atoms with E-state index in [1.165, 1.54) is 29.8 Å². The molecule has 46 valence electrons. The number of unbranched alkanes of at least 4 members (excludes halogenated alkanes) is 1. The van der Waals surface area contributed by atoms with Crippen LogP contribution in [0.1, 0.15) is 33.1 Å². The molecule has 0 nitrogen and oxygen atoms in total. The second-order valence-corrected chi connectivity index (χ2v) is 3.95. The molecule has 0 amide bonds. The van der Waals surface area contributed by atoms with E-state index >= 15 is 0 Å². The Labute approximate surface area is 59.4 Å². The van der Waals surface area contributed by atoms with E-state index in [1.807, 2.05) is 0 Å². The number of hydrogen-bond donors (Lipinski definition) is 0. The maximum atomic E-state index is 2.28. The molecule has 1 heteroatoms. The molecule has 0 aromatic heterocycles. The van der Waals surface area contributed by atoms with Crippen LogP contribution in [-0.4, -0.2) is 15.2 Å². The molecule has 8 heavy (non-hydrogen) atoms. The van der Waals surface area contributed by atoms with Gasteiger partial charge in [-0.25, -0.2) is 0 Å². The van der Waals surface area contributed by atoms with E-state index < -0.39 is 0 Å². The first-order chi connectivity index (χ1) is 3.91. The minimum absolute atomic E-state index is 0.820. The summed E-state index contributed by atoms with van der Waals surface area (Å²) in [7, 11) is 0. The Balaban J connectivity index is 2.53. The van der Waals surface area contributed by atoms with E-state index in [4.69, 9.17) is 0 Å². The van der Waals surface area contributed by atoms with Crippen LogP contribution >= 0.6 is 0 Å². The molecule has 0 unspecified atom stereocenters. The molecule has 0 atom stereocenters. The summed E-state index contributed by atoms with van der Waals surface area (Å²) in [4.78, 5) is 0. The molecule has 0 radical (unpaired) electrons. The van der Waals surface area contributed by atoms with Crippen LogP contribution in [0.2, 0.25) is 10.6 Å². The first-order valence-corrected chi connectivity index (χ1v) is 5.36. The van der Waals surface area contributed by atoms with Crippen LogP contribution in [0.5, 0.6) is 0 Å². The van der Waals surface area contributed by atoms with E-state index in [0.29, 0.717) is 0 Å². The summed E-state index contributed by atoms with van der Waals surface area (Å²) >= 11 is 0.820. The van der Waals surface area contributed by atoms with Gasteiger partial charge in [0.05, 0.1) is 0 Å². The zero-order valence-electron chi connectivity index (χ0n) is 6.11. The third-order valence-electron chi connectivity index (χ3n) is 1.25. The molecule has 0 fully saturated rings. The van der Waals surface area contributed by atoms with Crippen molar-refractivity contribution in [2.45, 2.75) is 43.7 Å². The normalized spacial score (nSPS) is 8.75. The van der Waals surface area contributed by atoms with Gasteiger partial charge >= 0.3 is 58.9 Å². The molecule has 0 saturated carbocycles. The molecule has 0 rings (SSSR count). The Morgan fingerprint density at radius 1 is 1.00 bits per heavy atom. The summed E-state index contributed by atoms with van der Waals surface area (Å²) in [5, 5.41) is 3.05. The quantitative estimate of drug-likeness (QED) is 0.393. The summed E-state index contributed by atoms with van der Waals surface area (Å²) in [6.07, 6.45) is 4.26. The van der Waals surface area contributed by atoms with E-state index in [1.54, 1.807) is 0 Å². The zero-order valence-corrected chi connectivity index (χ0v) is 7.27. The fourth-order valence-corrected chi connectivity index (χ4v) is 2.09. The van der Waals surface area contributed by atoms with Gasteiger partial charge in [-0.1, -0.05) is 0 Å². The Bertz CT molecular complexity index is 29.4. The average molecular weight is 127 g/mol. The molecular weight excluding hydrogens is 111 g/mol. The molecule has 0 aliphatic carbocycles. The van der Waals surface area contributed by atoms with Gasteiger partial charge in [0.15, 0.2) is 0 Å². The van der Waals surface area contributed by atoms with Crippen molar-refractivity contribution in [3.05, 3.63) is 0 Å². The van der Waals surface area contributed by atoms with E-state index in [9.17, 15) is 0 Å². The molecule has 0 bridgehead atoms. The number of hydrogen-bond acceptors (Lipinski definition) is 0. The molecule has 0 N–H and O–H groups in total. The zero-order chi connectivity index (χ0) is 6.24. The second kappa shape index (κ2) is 7.53. The molecule has 0 aliphatic rings. The fraction of sp³-hybridized carbons (Fsp3) is 1.00. The Morgan fingerprint density at radius 2 is 1.75 bits per heavy atom. The van der Waals surface area contributed by atoms with Crippen LogP contribution in [0.15, 0.2) is 0 Å². The molecule has 0 saturated heterocycles. The van der Waals surface area contributed by atoms with Gasteiger partial charge in [0.2, 0.25) is 0 Å². The van der Waals surface area contributed by atoms with E-state index in [-0.39, 0.29) is 0 Å². The molecule has 0 aromatic carbocycles. The standard InChI is InChI=1S/C4H9.C3H7.Al/c1-3-4-2;1-3-2;/h1,3-4H2,2H3;1,3H2,2H3;/q;;+1. The SMILES string of the molecule is CCC[CH2][Al+][CH2]CC. The van der Waals surface area contributed by atoms with Gasteiger partial charge in [-0.05, 0) is 0 Å². The molecule has 0 spiro atoms. The minimum atomic E-state index is 0.820. The summed E-state index contributed by atoms with van der Waals surface area (Å²) in [5.74, 6) is 0. The van der Waals surface area contributed by atoms with E-state index in [2.05, 4.69) is 13.8 Å². The van der Waals surface area contributed by atoms with Crippen LogP contribution in [0.25, 0.3) is 0 Å². The second-order valence-electron chi connectivity index (χ2n) is 2.22. The van der Waals surface area contributed by atoms with Crippen molar-refractivity contribution in [1.29, 1.82) is 0 Å². The van der Waals surface area contributed by atoms with Crippen molar-refractivity contribution in [3.8, 4) is 0 Å². The molecule has 0 aromatic rings. The van der Waals surface area contributed by atoms with Gasteiger partial charge < -0.3 is 0 Å². The fourth-order valence-electron chi connectivity index (χ4n) is 0.697. The van der Waals surface area contributed by atoms with Crippen molar-refractivity contribution >= 4 is 15.2 Å².